The molecule has 10 nitrogen and oxygen atoms in total. The minimum atomic E-state index is -0.552. The van der Waals surface area contributed by atoms with E-state index in [0.717, 1.165) is 47.7 Å². The molecule has 4 heterocycles. The predicted molar refractivity (Wildman–Crippen MR) is 165 cm³/mol. The number of rotatable bonds is 3. The van der Waals surface area contributed by atoms with Crippen molar-refractivity contribution in [3.63, 3.8) is 0 Å². The summed E-state index contributed by atoms with van der Waals surface area (Å²) in [5.74, 6) is 2.62. The third-order valence-electron chi connectivity index (χ3n) is 8.08. The molecule has 228 valence electrons. The largest absolute Gasteiger partial charge is 0.492 e. The van der Waals surface area contributed by atoms with Gasteiger partial charge in [-0.2, -0.15) is 0 Å². The molecule has 6 rings (SSSR count). The zero-order valence-corrected chi connectivity index (χ0v) is 24.9. The zero-order valence-electron chi connectivity index (χ0n) is 24.9. The predicted octanol–water partition coefficient (Wildman–Crippen LogP) is 4.49. The number of fused-ring (bicyclic) bond motifs is 5. The maximum absolute atomic E-state index is 13.7. The van der Waals surface area contributed by atoms with Gasteiger partial charge < -0.3 is 28.6 Å². The van der Waals surface area contributed by atoms with E-state index in [1.807, 2.05) is 64.5 Å². The lowest BCUT2D eigenvalue weighted by Gasteiger charge is -2.27. The second kappa shape index (κ2) is 13.6. The average Bonchev–Trinajstić information content (AvgIpc) is 3.71. The number of nitrogens with zero attached hydrogens (tertiary/aromatic N) is 5. The van der Waals surface area contributed by atoms with Crippen LogP contribution in [0.15, 0.2) is 79.3 Å². The maximum Gasteiger partial charge on any atom is 0.264 e. The Morgan fingerprint density at radius 1 is 0.864 bits per heavy atom. The molecule has 0 aliphatic carbocycles. The molecular formula is C34H37N5O5. The highest BCUT2D eigenvalue weighted by Gasteiger charge is 2.32. The quantitative estimate of drug-likeness (QED) is 0.344. The number of pyridine rings is 1. The summed E-state index contributed by atoms with van der Waals surface area (Å²) in [6, 6.07) is 19.1. The number of methoxy groups -OCH3 is 1. The van der Waals surface area contributed by atoms with Gasteiger partial charge in [-0.1, -0.05) is 30.3 Å². The van der Waals surface area contributed by atoms with Crippen LogP contribution in [-0.4, -0.2) is 82.1 Å². The van der Waals surface area contributed by atoms with Crippen molar-refractivity contribution in [2.24, 2.45) is 0 Å². The Bertz CT molecular complexity index is 1580. The molecule has 4 aromatic rings. The fourth-order valence-corrected chi connectivity index (χ4v) is 5.79. The molecule has 1 atom stereocenters. The highest BCUT2D eigenvalue weighted by Crippen LogP contribution is 2.29. The second-order valence-electron chi connectivity index (χ2n) is 11.0. The first-order chi connectivity index (χ1) is 21.6. The van der Waals surface area contributed by atoms with Crippen LogP contribution in [0.1, 0.15) is 35.2 Å². The van der Waals surface area contributed by atoms with Crippen LogP contribution in [0.3, 0.4) is 0 Å². The lowest BCUT2D eigenvalue weighted by Crippen LogP contribution is -2.44. The Balaban J connectivity index is 1.22. The van der Waals surface area contributed by atoms with Gasteiger partial charge in [0.1, 0.15) is 23.9 Å². The molecule has 0 saturated carbocycles. The molecule has 0 N–H and O–H groups in total. The molecule has 2 aromatic carbocycles. The Kier molecular flexibility index (Phi) is 9.05. The van der Waals surface area contributed by atoms with Crippen LogP contribution < -0.4 is 14.2 Å². The van der Waals surface area contributed by atoms with Gasteiger partial charge in [0.25, 0.3) is 11.8 Å². The summed E-state index contributed by atoms with van der Waals surface area (Å²) in [6.45, 7) is 3.14. The van der Waals surface area contributed by atoms with Gasteiger partial charge in [-0.05, 0) is 49.1 Å². The van der Waals surface area contributed by atoms with Crippen LogP contribution in [0.4, 0.5) is 0 Å². The number of aryl methyl sites for hydroxylation is 1. The highest BCUT2D eigenvalue weighted by molar-refractivity contribution is 5.94. The van der Waals surface area contributed by atoms with Gasteiger partial charge in [-0.15, -0.1) is 0 Å². The number of aromatic nitrogens is 3. The van der Waals surface area contributed by atoms with Crippen molar-refractivity contribution >= 4 is 11.8 Å². The topological polar surface area (TPSA) is 99.0 Å². The van der Waals surface area contributed by atoms with Crippen LogP contribution in [-0.2, 0) is 17.8 Å². The number of carbonyl (C=O) groups excluding carboxylic acids is 2. The van der Waals surface area contributed by atoms with Crippen molar-refractivity contribution in [2.45, 2.75) is 38.3 Å². The molecule has 0 saturated heterocycles. The highest BCUT2D eigenvalue weighted by atomic mass is 16.5. The molecule has 2 aromatic heterocycles. The van der Waals surface area contributed by atoms with E-state index in [1.165, 1.54) is 7.11 Å². The summed E-state index contributed by atoms with van der Waals surface area (Å²) in [7, 11) is 1.54. The minimum absolute atomic E-state index is 0.0460. The molecule has 1 unspecified atom stereocenters. The lowest BCUT2D eigenvalue weighted by atomic mass is 10.1. The van der Waals surface area contributed by atoms with Gasteiger partial charge in [0.15, 0.2) is 6.10 Å². The summed E-state index contributed by atoms with van der Waals surface area (Å²) in [4.78, 5) is 39.8. The van der Waals surface area contributed by atoms with E-state index < -0.39 is 6.10 Å². The summed E-state index contributed by atoms with van der Waals surface area (Å²) >= 11 is 0. The molecular weight excluding hydrogens is 558 g/mol. The smallest absolute Gasteiger partial charge is 0.264 e. The molecule has 2 amide bonds. The summed E-state index contributed by atoms with van der Waals surface area (Å²) in [6.07, 6.45) is 7.56. The van der Waals surface area contributed by atoms with E-state index in [0.29, 0.717) is 57.2 Å². The number of para-hydroxylation sites is 1. The Hall–Kier alpha value is -4.86. The van der Waals surface area contributed by atoms with E-state index in [-0.39, 0.29) is 11.8 Å². The van der Waals surface area contributed by atoms with Crippen molar-refractivity contribution in [1.82, 2.24) is 24.3 Å². The van der Waals surface area contributed by atoms with Gasteiger partial charge in [0.2, 0.25) is 5.88 Å². The number of amides is 2. The minimum Gasteiger partial charge on any atom is -0.492 e. The molecule has 10 heteroatoms. The first kappa shape index (κ1) is 29.2. The summed E-state index contributed by atoms with van der Waals surface area (Å²) in [5, 5.41) is 0. The van der Waals surface area contributed by atoms with Crippen molar-refractivity contribution in [3.05, 3.63) is 90.4 Å². The summed E-state index contributed by atoms with van der Waals surface area (Å²) in [5.41, 5.74) is 2.53. The van der Waals surface area contributed by atoms with Gasteiger partial charge >= 0.3 is 0 Å². The SMILES string of the molecule is COc1cc(C(=O)N2CCCCN(C(=O)C3Cc4ccccc4O3)CCOc3cccc(c3)-c3nccn3CCC2)ccn1. The Morgan fingerprint density at radius 3 is 2.57 bits per heavy atom. The van der Waals surface area contributed by atoms with Crippen LogP contribution in [0.25, 0.3) is 11.4 Å². The van der Waals surface area contributed by atoms with Gasteiger partial charge in [0.05, 0.1) is 13.7 Å². The number of ether oxygens (including phenoxy) is 3. The number of hydrogen-bond donors (Lipinski definition) is 0. The Labute approximate surface area is 257 Å². The molecule has 2 bridgehead atoms. The standard InChI is InChI=1S/C34H37N5O5/c1-42-31-24-27(12-13-35-31)33(40)38-15-4-5-16-39(34(41)30-23-25-8-2-3-11-29(25)44-30)20-21-43-28-10-6-9-26(22-28)32-36-14-19-37(32)17-7-18-38/h2-3,6,8-14,19,22,24,30H,4-5,7,15-18,20-21,23H2,1H3. The molecule has 44 heavy (non-hydrogen) atoms. The second-order valence-corrected chi connectivity index (χ2v) is 11.0. The van der Waals surface area contributed by atoms with E-state index in [2.05, 4.69) is 14.5 Å². The molecule has 2 aliphatic rings. The zero-order chi connectivity index (χ0) is 30.3. The van der Waals surface area contributed by atoms with Gasteiger partial charge in [0, 0.05) is 68.4 Å². The monoisotopic (exact) mass is 595 g/mol. The van der Waals surface area contributed by atoms with E-state index >= 15 is 0 Å². The fraction of sp³-hybridized carbons (Fsp3) is 0.353. The maximum atomic E-state index is 13.7. The molecule has 0 spiro atoms. The van der Waals surface area contributed by atoms with Gasteiger partial charge in [-0.25, -0.2) is 9.97 Å². The normalized spacial score (nSPS) is 17.4. The van der Waals surface area contributed by atoms with Crippen molar-refractivity contribution in [1.29, 1.82) is 0 Å². The molecule has 2 aliphatic heterocycles. The summed E-state index contributed by atoms with van der Waals surface area (Å²) < 4.78 is 19.6. The Morgan fingerprint density at radius 2 is 1.70 bits per heavy atom. The van der Waals surface area contributed by atoms with Crippen LogP contribution in [0, 0.1) is 0 Å². The number of benzene rings is 2. The number of hydrogen-bond acceptors (Lipinski definition) is 7. The molecule has 0 radical (unpaired) electrons. The van der Waals surface area contributed by atoms with Crippen molar-refractivity contribution < 1.29 is 23.8 Å². The lowest BCUT2D eigenvalue weighted by molar-refractivity contribution is -0.138. The van der Waals surface area contributed by atoms with E-state index in [9.17, 15) is 9.59 Å². The first-order valence-electron chi connectivity index (χ1n) is 15.2. The third-order valence-corrected chi connectivity index (χ3v) is 8.08. The molecule has 0 fully saturated rings. The van der Waals surface area contributed by atoms with Crippen LogP contribution in [0.5, 0.6) is 17.4 Å². The number of carbonyl (C=O) groups is 2. The first-order valence-corrected chi connectivity index (χ1v) is 15.2. The van der Waals surface area contributed by atoms with E-state index in [1.54, 1.807) is 24.5 Å². The van der Waals surface area contributed by atoms with E-state index in [4.69, 9.17) is 14.2 Å². The average molecular weight is 596 g/mol. The van der Waals surface area contributed by atoms with Crippen molar-refractivity contribution in [2.75, 3.05) is 39.9 Å². The number of imidazole rings is 1. The fourth-order valence-electron chi connectivity index (χ4n) is 5.79. The van der Waals surface area contributed by atoms with Crippen LogP contribution >= 0.6 is 0 Å². The van der Waals surface area contributed by atoms with Crippen LogP contribution in [0.2, 0.25) is 0 Å². The van der Waals surface area contributed by atoms with Crippen molar-refractivity contribution in [3.8, 4) is 28.8 Å². The van der Waals surface area contributed by atoms with Gasteiger partial charge in [-0.3, -0.25) is 9.59 Å². The third kappa shape index (κ3) is 6.69.